The van der Waals surface area contributed by atoms with Crippen LogP contribution in [0, 0.1) is 0 Å². The standard InChI is InChI=1S/C19H18N4O5/c1-26-13-6-4-5-12(9-13)23-17-16(20-21-23)18(24)22(19(17)25)11-7-8-14(27-2)15(10-11)28-3/h4-10,16-17H,1-3H3/t16-,17-/m0/s1. The van der Waals surface area contributed by atoms with Crippen molar-refractivity contribution in [3.05, 3.63) is 42.5 Å². The SMILES string of the molecule is COc1cccc(N2N=N[C@@H]3C(=O)N(c4ccc(OC)c(OC)c4)C(=O)[C@H]32)c1. The van der Waals surface area contributed by atoms with E-state index in [1.807, 2.05) is 0 Å². The minimum Gasteiger partial charge on any atom is -0.497 e. The van der Waals surface area contributed by atoms with Gasteiger partial charge in [-0.15, -0.1) is 0 Å². The molecule has 2 aliphatic heterocycles. The predicted octanol–water partition coefficient (Wildman–Crippen LogP) is 2.21. The normalized spacial score (nSPS) is 20.5. The summed E-state index contributed by atoms with van der Waals surface area (Å²) in [6.45, 7) is 0. The maximum atomic E-state index is 13.1. The molecule has 4 rings (SSSR count). The first-order valence-electron chi connectivity index (χ1n) is 8.53. The number of amides is 2. The number of benzene rings is 2. The van der Waals surface area contributed by atoms with Crippen molar-refractivity contribution in [1.29, 1.82) is 0 Å². The summed E-state index contributed by atoms with van der Waals surface area (Å²) in [6.07, 6.45) is 0. The van der Waals surface area contributed by atoms with Crippen LogP contribution in [0.1, 0.15) is 0 Å². The number of fused-ring (bicyclic) bond motifs is 1. The Morgan fingerprint density at radius 3 is 2.36 bits per heavy atom. The van der Waals surface area contributed by atoms with Crippen LogP contribution in [0.5, 0.6) is 17.2 Å². The van der Waals surface area contributed by atoms with Crippen LogP contribution in [0.25, 0.3) is 0 Å². The largest absolute Gasteiger partial charge is 0.497 e. The predicted molar refractivity (Wildman–Crippen MR) is 99.9 cm³/mol. The molecule has 2 aromatic carbocycles. The maximum Gasteiger partial charge on any atom is 0.263 e. The summed E-state index contributed by atoms with van der Waals surface area (Å²) in [4.78, 5) is 27.1. The molecule has 0 saturated carbocycles. The number of imide groups is 1. The van der Waals surface area contributed by atoms with Gasteiger partial charge in [0.25, 0.3) is 11.8 Å². The fourth-order valence-electron chi connectivity index (χ4n) is 3.34. The van der Waals surface area contributed by atoms with E-state index in [1.165, 1.54) is 19.2 Å². The number of hydrogen-bond donors (Lipinski definition) is 0. The molecule has 0 aliphatic carbocycles. The zero-order valence-electron chi connectivity index (χ0n) is 15.5. The third kappa shape index (κ3) is 2.63. The minimum absolute atomic E-state index is 0.392. The molecule has 1 saturated heterocycles. The molecule has 0 aromatic heterocycles. The molecule has 0 radical (unpaired) electrons. The summed E-state index contributed by atoms with van der Waals surface area (Å²) < 4.78 is 15.7. The first-order valence-corrected chi connectivity index (χ1v) is 8.53. The van der Waals surface area contributed by atoms with E-state index in [4.69, 9.17) is 14.2 Å². The molecule has 0 unspecified atom stereocenters. The van der Waals surface area contributed by atoms with Gasteiger partial charge in [0.05, 0.1) is 32.7 Å². The van der Waals surface area contributed by atoms with Gasteiger partial charge in [0.2, 0.25) is 0 Å². The summed E-state index contributed by atoms with van der Waals surface area (Å²) in [7, 11) is 4.56. The van der Waals surface area contributed by atoms with Crippen molar-refractivity contribution in [3.8, 4) is 17.2 Å². The smallest absolute Gasteiger partial charge is 0.263 e. The highest BCUT2D eigenvalue weighted by atomic mass is 16.5. The fraction of sp³-hybridized carbons (Fsp3) is 0.263. The summed E-state index contributed by atoms with van der Waals surface area (Å²) in [5.41, 5.74) is 1.01. The Bertz CT molecular complexity index is 977. The summed E-state index contributed by atoms with van der Waals surface area (Å²) >= 11 is 0. The van der Waals surface area contributed by atoms with Crippen molar-refractivity contribution in [2.75, 3.05) is 31.2 Å². The van der Waals surface area contributed by atoms with Gasteiger partial charge in [0, 0.05) is 12.1 Å². The van der Waals surface area contributed by atoms with Crippen LogP contribution in [0.15, 0.2) is 52.8 Å². The lowest BCUT2D eigenvalue weighted by molar-refractivity contribution is -0.121. The van der Waals surface area contributed by atoms with Crippen molar-refractivity contribution in [2.45, 2.75) is 12.1 Å². The zero-order valence-corrected chi connectivity index (χ0v) is 15.5. The van der Waals surface area contributed by atoms with Crippen molar-refractivity contribution in [1.82, 2.24) is 0 Å². The lowest BCUT2D eigenvalue weighted by Crippen LogP contribution is -2.39. The van der Waals surface area contributed by atoms with E-state index in [-0.39, 0.29) is 0 Å². The average Bonchev–Trinajstić information content (AvgIpc) is 3.28. The van der Waals surface area contributed by atoms with E-state index < -0.39 is 23.9 Å². The number of carbonyl (C=O) groups is 2. The van der Waals surface area contributed by atoms with Gasteiger partial charge in [-0.3, -0.25) is 9.59 Å². The Balaban J connectivity index is 1.68. The van der Waals surface area contributed by atoms with Gasteiger partial charge >= 0.3 is 0 Å². The minimum atomic E-state index is -0.896. The van der Waals surface area contributed by atoms with Gasteiger partial charge in [-0.1, -0.05) is 11.3 Å². The summed E-state index contributed by atoms with van der Waals surface area (Å²) in [5, 5.41) is 9.53. The average molecular weight is 382 g/mol. The molecule has 2 aliphatic rings. The molecule has 2 amide bonds. The van der Waals surface area contributed by atoms with Crippen LogP contribution in [0.2, 0.25) is 0 Å². The quantitative estimate of drug-likeness (QED) is 0.736. The Morgan fingerprint density at radius 1 is 0.857 bits per heavy atom. The fourth-order valence-corrected chi connectivity index (χ4v) is 3.34. The topological polar surface area (TPSA) is 93.0 Å². The Morgan fingerprint density at radius 2 is 1.64 bits per heavy atom. The third-order valence-electron chi connectivity index (χ3n) is 4.72. The molecule has 0 spiro atoms. The zero-order chi connectivity index (χ0) is 19.8. The van der Waals surface area contributed by atoms with E-state index in [0.717, 1.165) is 4.90 Å². The number of carbonyl (C=O) groups excluding carboxylic acids is 2. The highest BCUT2D eigenvalue weighted by Gasteiger charge is 2.55. The van der Waals surface area contributed by atoms with E-state index in [2.05, 4.69) is 10.3 Å². The van der Waals surface area contributed by atoms with Crippen molar-refractivity contribution in [3.63, 3.8) is 0 Å². The maximum absolute atomic E-state index is 13.1. The molecule has 1 fully saturated rings. The Hall–Kier alpha value is -3.62. The van der Waals surface area contributed by atoms with Gasteiger partial charge in [0.1, 0.15) is 5.75 Å². The molecule has 0 bridgehead atoms. The molecule has 9 heteroatoms. The summed E-state index contributed by atoms with van der Waals surface area (Å²) in [6, 6.07) is 10.2. The van der Waals surface area contributed by atoms with E-state index in [9.17, 15) is 9.59 Å². The number of anilines is 2. The molecule has 144 valence electrons. The molecule has 2 atom stereocenters. The van der Waals surface area contributed by atoms with E-state index in [0.29, 0.717) is 28.6 Å². The van der Waals surface area contributed by atoms with Crippen LogP contribution in [-0.4, -0.2) is 45.2 Å². The number of methoxy groups -OCH3 is 3. The molecule has 28 heavy (non-hydrogen) atoms. The first-order chi connectivity index (χ1) is 13.6. The number of ether oxygens (including phenoxy) is 3. The van der Waals surface area contributed by atoms with Crippen LogP contribution in [0.4, 0.5) is 11.4 Å². The monoisotopic (exact) mass is 382 g/mol. The third-order valence-corrected chi connectivity index (χ3v) is 4.72. The second-order valence-corrected chi connectivity index (χ2v) is 6.19. The molecule has 2 aromatic rings. The van der Waals surface area contributed by atoms with Crippen molar-refractivity contribution in [2.24, 2.45) is 10.3 Å². The molecule has 9 nitrogen and oxygen atoms in total. The second-order valence-electron chi connectivity index (χ2n) is 6.19. The lowest BCUT2D eigenvalue weighted by Gasteiger charge is -2.21. The van der Waals surface area contributed by atoms with Gasteiger partial charge in [-0.2, -0.15) is 5.11 Å². The number of nitrogens with zero attached hydrogens (tertiary/aromatic N) is 4. The second kappa shape index (κ2) is 6.84. The highest BCUT2D eigenvalue weighted by molar-refractivity contribution is 6.26. The van der Waals surface area contributed by atoms with Crippen LogP contribution < -0.4 is 24.1 Å². The van der Waals surface area contributed by atoms with Gasteiger partial charge in [-0.05, 0) is 24.3 Å². The lowest BCUT2D eigenvalue weighted by atomic mass is 10.1. The molecule has 2 heterocycles. The Labute approximate surface area is 161 Å². The molecule has 0 N–H and O–H groups in total. The first kappa shape index (κ1) is 17.8. The van der Waals surface area contributed by atoms with Crippen LogP contribution in [-0.2, 0) is 9.59 Å². The van der Waals surface area contributed by atoms with Gasteiger partial charge in [0.15, 0.2) is 23.6 Å². The van der Waals surface area contributed by atoms with Crippen molar-refractivity contribution >= 4 is 23.2 Å². The molecular formula is C19H18N4O5. The van der Waals surface area contributed by atoms with Crippen LogP contribution in [0.3, 0.4) is 0 Å². The number of hydrogen-bond acceptors (Lipinski definition) is 8. The molecular weight excluding hydrogens is 364 g/mol. The van der Waals surface area contributed by atoms with E-state index in [1.54, 1.807) is 49.6 Å². The van der Waals surface area contributed by atoms with E-state index >= 15 is 0 Å². The van der Waals surface area contributed by atoms with Gasteiger partial charge < -0.3 is 14.2 Å². The highest BCUT2D eigenvalue weighted by Crippen LogP contribution is 2.38. The number of rotatable bonds is 5. The Kier molecular flexibility index (Phi) is 4.34. The van der Waals surface area contributed by atoms with Gasteiger partial charge in [-0.25, -0.2) is 9.91 Å². The van der Waals surface area contributed by atoms with Crippen molar-refractivity contribution < 1.29 is 23.8 Å². The van der Waals surface area contributed by atoms with Crippen LogP contribution >= 0.6 is 0 Å². The summed E-state index contributed by atoms with van der Waals surface area (Å²) in [5.74, 6) is 0.697.